The largest absolute Gasteiger partial charge is 0.390 e. The SMILES string of the molecule is NCCCN(Cc1ccccc1)CC(O)CN1C(=O)c2ccccc2C1=O. The van der Waals surface area contributed by atoms with E-state index in [1.165, 1.54) is 0 Å². The topological polar surface area (TPSA) is 86.9 Å². The van der Waals surface area contributed by atoms with Crippen LogP contribution >= 0.6 is 0 Å². The Kier molecular flexibility index (Phi) is 6.34. The minimum atomic E-state index is -0.825. The van der Waals surface area contributed by atoms with Crippen LogP contribution in [0.4, 0.5) is 0 Å². The maximum absolute atomic E-state index is 12.5. The fourth-order valence-corrected chi connectivity index (χ4v) is 3.36. The molecule has 2 aromatic carbocycles. The first-order valence-corrected chi connectivity index (χ1v) is 9.19. The first-order chi connectivity index (χ1) is 13.1. The van der Waals surface area contributed by atoms with E-state index in [2.05, 4.69) is 4.90 Å². The van der Waals surface area contributed by atoms with Crippen molar-refractivity contribution in [1.82, 2.24) is 9.80 Å². The molecule has 1 aliphatic heterocycles. The van der Waals surface area contributed by atoms with Crippen LogP contribution in [0.3, 0.4) is 0 Å². The van der Waals surface area contributed by atoms with Crippen LogP contribution in [0.2, 0.25) is 0 Å². The Bertz CT molecular complexity index is 759. The minimum Gasteiger partial charge on any atom is -0.390 e. The molecule has 0 radical (unpaired) electrons. The highest BCUT2D eigenvalue weighted by Crippen LogP contribution is 2.22. The average molecular weight is 367 g/mol. The van der Waals surface area contributed by atoms with Gasteiger partial charge in [-0.3, -0.25) is 19.4 Å². The maximum Gasteiger partial charge on any atom is 0.261 e. The van der Waals surface area contributed by atoms with Crippen LogP contribution < -0.4 is 5.73 Å². The number of nitrogens with zero attached hydrogens (tertiary/aromatic N) is 2. The molecule has 0 bridgehead atoms. The summed E-state index contributed by atoms with van der Waals surface area (Å²) in [7, 11) is 0. The predicted molar refractivity (Wildman–Crippen MR) is 103 cm³/mol. The molecular weight excluding hydrogens is 342 g/mol. The van der Waals surface area contributed by atoms with E-state index < -0.39 is 6.10 Å². The normalized spacial score (nSPS) is 14.7. The fourth-order valence-electron chi connectivity index (χ4n) is 3.36. The van der Waals surface area contributed by atoms with Crippen LogP contribution in [0.15, 0.2) is 54.6 Å². The van der Waals surface area contributed by atoms with Crippen molar-refractivity contribution in [3.63, 3.8) is 0 Å². The Labute approximate surface area is 159 Å². The van der Waals surface area contributed by atoms with Crippen molar-refractivity contribution in [2.75, 3.05) is 26.2 Å². The van der Waals surface area contributed by atoms with Crippen LogP contribution in [-0.4, -0.2) is 59.0 Å². The third-order valence-electron chi connectivity index (χ3n) is 4.67. The predicted octanol–water partition coefficient (Wildman–Crippen LogP) is 1.49. The molecule has 0 aliphatic carbocycles. The number of carbonyl (C=O) groups is 2. The van der Waals surface area contributed by atoms with Gasteiger partial charge in [-0.2, -0.15) is 0 Å². The molecule has 142 valence electrons. The number of carbonyl (C=O) groups excluding carboxylic acids is 2. The summed E-state index contributed by atoms with van der Waals surface area (Å²) in [6.07, 6.45) is -0.0132. The Hall–Kier alpha value is -2.54. The molecule has 6 nitrogen and oxygen atoms in total. The number of hydrogen-bond acceptors (Lipinski definition) is 5. The lowest BCUT2D eigenvalue weighted by Gasteiger charge is -2.27. The molecule has 0 saturated heterocycles. The van der Waals surface area contributed by atoms with Gasteiger partial charge in [-0.05, 0) is 37.2 Å². The highest BCUT2D eigenvalue weighted by atomic mass is 16.3. The van der Waals surface area contributed by atoms with Crippen LogP contribution in [0.25, 0.3) is 0 Å². The summed E-state index contributed by atoms with van der Waals surface area (Å²) in [6, 6.07) is 16.7. The molecular formula is C21H25N3O3. The van der Waals surface area contributed by atoms with Crippen molar-refractivity contribution >= 4 is 11.8 Å². The van der Waals surface area contributed by atoms with E-state index in [9.17, 15) is 14.7 Å². The zero-order valence-electron chi connectivity index (χ0n) is 15.3. The molecule has 1 atom stereocenters. The van der Waals surface area contributed by atoms with Crippen molar-refractivity contribution < 1.29 is 14.7 Å². The molecule has 0 aromatic heterocycles. The van der Waals surface area contributed by atoms with E-state index in [0.717, 1.165) is 23.4 Å². The summed E-state index contributed by atoms with van der Waals surface area (Å²) >= 11 is 0. The molecule has 2 aromatic rings. The van der Waals surface area contributed by atoms with Crippen LogP contribution in [0, 0.1) is 0 Å². The molecule has 6 heteroatoms. The van der Waals surface area contributed by atoms with Crippen LogP contribution in [0.5, 0.6) is 0 Å². The molecule has 0 saturated carbocycles. The number of fused-ring (bicyclic) bond motifs is 1. The first kappa shape index (κ1) is 19.2. The number of benzene rings is 2. The van der Waals surface area contributed by atoms with Gasteiger partial charge in [0.2, 0.25) is 0 Å². The summed E-state index contributed by atoms with van der Waals surface area (Å²) < 4.78 is 0. The van der Waals surface area contributed by atoms with Crippen molar-refractivity contribution in [1.29, 1.82) is 0 Å². The molecule has 0 fully saturated rings. The number of imide groups is 1. The molecule has 1 unspecified atom stereocenters. The van der Waals surface area contributed by atoms with Gasteiger partial charge in [0, 0.05) is 13.1 Å². The van der Waals surface area contributed by atoms with E-state index in [0.29, 0.717) is 30.8 Å². The number of amides is 2. The maximum atomic E-state index is 12.5. The molecule has 0 spiro atoms. The highest BCUT2D eigenvalue weighted by molar-refractivity contribution is 6.21. The van der Waals surface area contributed by atoms with Crippen molar-refractivity contribution in [3.8, 4) is 0 Å². The van der Waals surface area contributed by atoms with Gasteiger partial charge in [0.15, 0.2) is 0 Å². The van der Waals surface area contributed by atoms with Gasteiger partial charge in [-0.15, -0.1) is 0 Å². The molecule has 3 rings (SSSR count). The van der Waals surface area contributed by atoms with Gasteiger partial charge in [-0.1, -0.05) is 42.5 Å². The van der Waals surface area contributed by atoms with Gasteiger partial charge < -0.3 is 10.8 Å². The Morgan fingerprint density at radius 1 is 0.963 bits per heavy atom. The third-order valence-corrected chi connectivity index (χ3v) is 4.67. The molecule has 1 aliphatic rings. The third kappa shape index (κ3) is 4.60. The van der Waals surface area contributed by atoms with E-state index in [-0.39, 0.29) is 18.4 Å². The minimum absolute atomic E-state index is 0.0136. The lowest BCUT2D eigenvalue weighted by atomic mass is 10.1. The number of nitrogens with two attached hydrogens (primary N) is 1. The monoisotopic (exact) mass is 367 g/mol. The standard InChI is InChI=1S/C21H25N3O3/c22-11-6-12-23(13-16-7-2-1-3-8-16)14-17(25)15-24-20(26)18-9-4-5-10-19(18)21(24)27/h1-5,7-10,17,25H,6,11-15,22H2. The Morgan fingerprint density at radius 3 is 2.15 bits per heavy atom. The van der Waals surface area contributed by atoms with E-state index in [1.807, 2.05) is 30.3 Å². The quantitative estimate of drug-likeness (QED) is 0.656. The number of β-amino-alcohol motifs (C(OH)–C–C–N with tert-alkyl or cyclic N) is 1. The second-order valence-corrected chi connectivity index (χ2v) is 6.78. The molecule has 3 N–H and O–H groups in total. The van der Waals surface area contributed by atoms with Gasteiger partial charge in [0.1, 0.15) is 0 Å². The smallest absolute Gasteiger partial charge is 0.261 e. The van der Waals surface area contributed by atoms with Gasteiger partial charge in [-0.25, -0.2) is 0 Å². The van der Waals surface area contributed by atoms with Gasteiger partial charge >= 0.3 is 0 Å². The lowest BCUT2D eigenvalue weighted by molar-refractivity contribution is 0.0466. The average Bonchev–Trinajstić information content (AvgIpc) is 2.92. The molecule has 1 heterocycles. The van der Waals surface area contributed by atoms with E-state index in [1.54, 1.807) is 24.3 Å². The second-order valence-electron chi connectivity index (χ2n) is 6.78. The summed E-state index contributed by atoms with van der Waals surface area (Å²) in [5.41, 5.74) is 7.58. The Morgan fingerprint density at radius 2 is 1.56 bits per heavy atom. The molecule has 2 amide bonds. The van der Waals surface area contributed by atoms with Gasteiger partial charge in [0.05, 0.1) is 23.8 Å². The number of aliphatic hydroxyl groups is 1. The fraction of sp³-hybridized carbons (Fsp3) is 0.333. The van der Waals surface area contributed by atoms with Gasteiger partial charge in [0.25, 0.3) is 11.8 Å². The first-order valence-electron chi connectivity index (χ1n) is 9.19. The lowest BCUT2D eigenvalue weighted by Crippen LogP contribution is -2.42. The highest BCUT2D eigenvalue weighted by Gasteiger charge is 2.36. The van der Waals surface area contributed by atoms with Crippen molar-refractivity contribution in [2.24, 2.45) is 5.73 Å². The van der Waals surface area contributed by atoms with Crippen LogP contribution in [0.1, 0.15) is 32.7 Å². The summed E-state index contributed by atoms with van der Waals surface area (Å²) in [5, 5.41) is 10.6. The summed E-state index contributed by atoms with van der Waals surface area (Å²) in [6.45, 7) is 2.34. The summed E-state index contributed by atoms with van der Waals surface area (Å²) in [4.78, 5) is 28.2. The van der Waals surface area contributed by atoms with E-state index in [4.69, 9.17) is 5.73 Å². The van der Waals surface area contributed by atoms with E-state index >= 15 is 0 Å². The number of rotatable bonds is 9. The second kappa shape index (κ2) is 8.90. The van der Waals surface area contributed by atoms with Crippen LogP contribution in [-0.2, 0) is 6.54 Å². The zero-order valence-corrected chi connectivity index (χ0v) is 15.3. The summed E-state index contributed by atoms with van der Waals surface area (Å²) in [5.74, 6) is -0.683. The number of aliphatic hydroxyl groups excluding tert-OH is 1. The molecule has 27 heavy (non-hydrogen) atoms. The Balaban J connectivity index is 1.63. The van der Waals surface area contributed by atoms with Crippen molar-refractivity contribution in [3.05, 3.63) is 71.3 Å². The van der Waals surface area contributed by atoms with Crippen molar-refractivity contribution in [2.45, 2.75) is 19.1 Å². The number of hydrogen-bond donors (Lipinski definition) is 2. The zero-order chi connectivity index (χ0) is 19.2.